The van der Waals surface area contributed by atoms with Crippen molar-refractivity contribution in [3.8, 4) is 17.2 Å². The predicted molar refractivity (Wildman–Crippen MR) is 95.3 cm³/mol. The molecule has 0 atom stereocenters. The summed E-state index contributed by atoms with van der Waals surface area (Å²) in [6.45, 7) is 0. The number of methoxy groups -OCH3 is 3. The Morgan fingerprint density at radius 1 is 1.00 bits per heavy atom. The number of Topliss-reactive ketones (excluding diaryl/α,β-unsaturated/α-hetero) is 1. The highest BCUT2D eigenvalue weighted by Gasteiger charge is 2.17. The van der Waals surface area contributed by atoms with Gasteiger partial charge >= 0.3 is 0 Å². The van der Waals surface area contributed by atoms with Gasteiger partial charge in [-0.1, -0.05) is 15.9 Å². The predicted octanol–water partition coefficient (Wildman–Crippen LogP) is 4.45. The highest BCUT2D eigenvalue weighted by molar-refractivity contribution is 9.10. The smallest absolute Gasteiger partial charge is 0.203 e. The first kappa shape index (κ1) is 17.7. The molecule has 0 spiro atoms. The van der Waals surface area contributed by atoms with Crippen LogP contribution < -0.4 is 14.2 Å². The summed E-state index contributed by atoms with van der Waals surface area (Å²) in [4.78, 5) is 13.5. The van der Waals surface area contributed by atoms with E-state index in [2.05, 4.69) is 15.9 Å². The van der Waals surface area contributed by atoms with Gasteiger partial charge in [0, 0.05) is 14.9 Å². The first-order valence-corrected chi connectivity index (χ1v) is 8.58. The molecule has 0 unspecified atom stereocenters. The van der Waals surface area contributed by atoms with Crippen LogP contribution in [0, 0.1) is 0 Å². The molecule has 4 nitrogen and oxygen atoms in total. The molecule has 0 bridgehead atoms. The van der Waals surface area contributed by atoms with Crippen LogP contribution in [0.15, 0.2) is 45.8 Å². The highest BCUT2D eigenvalue weighted by atomic mass is 79.9. The summed E-state index contributed by atoms with van der Waals surface area (Å²) in [6.07, 6.45) is 0. The summed E-state index contributed by atoms with van der Waals surface area (Å²) < 4.78 is 16.8. The first-order chi connectivity index (χ1) is 11.1. The van der Waals surface area contributed by atoms with Crippen LogP contribution in [0.25, 0.3) is 0 Å². The summed E-state index contributed by atoms with van der Waals surface area (Å²) in [7, 11) is 4.59. The SMILES string of the molecule is COc1cc(C(=O)CSc2ccc(Br)cc2)cc(OC)c1OC. The molecule has 23 heavy (non-hydrogen) atoms. The van der Waals surface area contributed by atoms with Crippen LogP contribution in [0.1, 0.15) is 10.4 Å². The molecule has 0 radical (unpaired) electrons. The minimum Gasteiger partial charge on any atom is -0.493 e. The minimum atomic E-state index is -0.00262. The molecule has 0 heterocycles. The molecular weight excluding hydrogens is 380 g/mol. The second-order valence-corrected chi connectivity index (χ2v) is 6.54. The molecule has 0 aromatic heterocycles. The number of rotatable bonds is 7. The first-order valence-electron chi connectivity index (χ1n) is 6.80. The van der Waals surface area contributed by atoms with Crippen molar-refractivity contribution in [3.63, 3.8) is 0 Å². The van der Waals surface area contributed by atoms with Gasteiger partial charge in [0.25, 0.3) is 0 Å². The lowest BCUT2D eigenvalue weighted by molar-refractivity contribution is 0.102. The molecule has 2 aromatic rings. The maximum atomic E-state index is 12.4. The molecule has 6 heteroatoms. The van der Waals surface area contributed by atoms with Crippen LogP contribution in [0.3, 0.4) is 0 Å². The number of ether oxygens (including phenoxy) is 3. The maximum Gasteiger partial charge on any atom is 0.203 e. The Morgan fingerprint density at radius 2 is 1.57 bits per heavy atom. The Morgan fingerprint density at radius 3 is 2.04 bits per heavy atom. The average Bonchev–Trinajstić information content (AvgIpc) is 2.59. The number of hydrogen-bond donors (Lipinski definition) is 0. The zero-order chi connectivity index (χ0) is 16.8. The van der Waals surface area contributed by atoms with Crippen molar-refractivity contribution in [2.45, 2.75) is 4.90 Å². The van der Waals surface area contributed by atoms with Crippen molar-refractivity contribution < 1.29 is 19.0 Å². The van der Waals surface area contributed by atoms with Crippen molar-refractivity contribution >= 4 is 33.5 Å². The van der Waals surface area contributed by atoms with Crippen molar-refractivity contribution in [3.05, 3.63) is 46.4 Å². The highest BCUT2D eigenvalue weighted by Crippen LogP contribution is 2.38. The molecule has 0 aliphatic carbocycles. The van der Waals surface area contributed by atoms with Gasteiger partial charge in [-0.25, -0.2) is 0 Å². The Labute approximate surface area is 148 Å². The third-order valence-electron chi connectivity index (χ3n) is 3.17. The van der Waals surface area contributed by atoms with Crippen molar-refractivity contribution in [1.82, 2.24) is 0 Å². The van der Waals surface area contributed by atoms with Crippen LogP contribution in [-0.4, -0.2) is 32.9 Å². The van der Waals surface area contributed by atoms with E-state index in [-0.39, 0.29) is 5.78 Å². The van der Waals surface area contributed by atoms with Gasteiger partial charge in [-0.3, -0.25) is 4.79 Å². The van der Waals surface area contributed by atoms with Crippen LogP contribution in [0.5, 0.6) is 17.2 Å². The lowest BCUT2D eigenvalue weighted by Crippen LogP contribution is -2.05. The zero-order valence-electron chi connectivity index (χ0n) is 13.1. The van der Waals surface area contributed by atoms with E-state index in [1.807, 2.05) is 24.3 Å². The van der Waals surface area contributed by atoms with Crippen molar-refractivity contribution in [2.75, 3.05) is 27.1 Å². The van der Waals surface area contributed by atoms with Crippen LogP contribution in [-0.2, 0) is 0 Å². The molecule has 0 N–H and O–H groups in total. The fraction of sp³-hybridized carbons (Fsp3) is 0.235. The van der Waals surface area contributed by atoms with E-state index in [9.17, 15) is 4.79 Å². The average molecular weight is 397 g/mol. The largest absolute Gasteiger partial charge is 0.493 e. The summed E-state index contributed by atoms with van der Waals surface area (Å²) in [5.74, 6) is 1.76. The second kappa shape index (κ2) is 8.26. The van der Waals surface area contributed by atoms with Gasteiger partial charge in [0.1, 0.15) is 0 Å². The second-order valence-electron chi connectivity index (χ2n) is 4.58. The van der Waals surface area contributed by atoms with Gasteiger partial charge in [-0.2, -0.15) is 0 Å². The number of hydrogen-bond acceptors (Lipinski definition) is 5. The van der Waals surface area contributed by atoms with Gasteiger partial charge in [0.05, 0.1) is 27.1 Å². The molecule has 2 aromatic carbocycles. The Kier molecular flexibility index (Phi) is 6.36. The maximum absolute atomic E-state index is 12.4. The zero-order valence-corrected chi connectivity index (χ0v) is 15.5. The van der Waals surface area contributed by atoms with Gasteiger partial charge in [-0.05, 0) is 36.4 Å². The molecular formula is C17H17BrO4S. The van der Waals surface area contributed by atoms with E-state index in [1.165, 1.54) is 33.1 Å². The third kappa shape index (κ3) is 4.42. The minimum absolute atomic E-state index is 0.00262. The fourth-order valence-corrected chi connectivity index (χ4v) is 3.06. The summed E-state index contributed by atoms with van der Waals surface area (Å²) >= 11 is 4.88. The molecule has 2 rings (SSSR count). The van der Waals surface area contributed by atoms with Crippen LogP contribution in [0.4, 0.5) is 0 Å². The Balaban J connectivity index is 2.16. The monoisotopic (exact) mass is 396 g/mol. The molecule has 0 aliphatic heterocycles. The van der Waals surface area contributed by atoms with E-state index in [4.69, 9.17) is 14.2 Å². The summed E-state index contributed by atoms with van der Waals surface area (Å²) in [5.41, 5.74) is 0.532. The summed E-state index contributed by atoms with van der Waals surface area (Å²) in [6, 6.07) is 11.2. The van der Waals surface area contributed by atoms with Gasteiger partial charge in [0.2, 0.25) is 5.75 Å². The molecule has 0 amide bonds. The number of benzene rings is 2. The Hall–Kier alpha value is -1.66. The van der Waals surface area contributed by atoms with E-state index in [0.29, 0.717) is 28.6 Å². The number of thioether (sulfide) groups is 1. The van der Waals surface area contributed by atoms with E-state index < -0.39 is 0 Å². The topological polar surface area (TPSA) is 44.8 Å². The number of carbonyl (C=O) groups is 1. The van der Waals surface area contributed by atoms with Crippen LogP contribution in [0.2, 0.25) is 0 Å². The van der Waals surface area contributed by atoms with Crippen LogP contribution >= 0.6 is 27.7 Å². The molecule has 0 aliphatic rings. The van der Waals surface area contributed by atoms with Crippen molar-refractivity contribution in [2.24, 2.45) is 0 Å². The van der Waals surface area contributed by atoms with E-state index >= 15 is 0 Å². The number of halogens is 1. The fourth-order valence-electron chi connectivity index (χ4n) is 2.01. The van der Waals surface area contributed by atoms with Gasteiger partial charge in [-0.15, -0.1) is 11.8 Å². The lowest BCUT2D eigenvalue weighted by atomic mass is 10.1. The quantitative estimate of drug-likeness (QED) is 0.510. The van der Waals surface area contributed by atoms with Crippen molar-refractivity contribution in [1.29, 1.82) is 0 Å². The number of carbonyl (C=O) groups excluding carboxylic acids is 1. The standard InChI is InChI=1S/C17H17BrO4S/c1-20-15-8-11(9-16(21-2)17(15)22-3)14(19)10-23-13-6-4-12(18)5-7-13/h4-9H,10H2,1-3H3. The van der Waals surface area contributed by atoms with E-state index in [0.717, 1.165) is 9.37 Å². The number of ketones is 1. The summed E-state index contributed by atoms with van der Waals surface area (Å²) in [5, 5.41) is 0. The molecule has 0 saturated carbocycles. The molecule has 0 fully saturated rings. The lowest BCUT2D eigenvalue weighted by Gasteiger charge is -2.13. The Bertz CT molecular complexity index is 660. The molecule has 0 saturated heterocycles. The van der Waals surface area contributed by atoms with Gasteiger partial charge < -0.3 is 14.2 Å². The molecule has 122 valence electrons. The third-order valence-corrected chi connectivity index (χ3v) is 4.71. The van der Waals surface area contributed by atoms with Gasteiger partial charge in [0.15, 0.2) is 17.3 Å². The van der Waals surface area contributed by atoms with E-state index in [1.54, 1.807) is 12.1 Å². The normalized spacial score (nSPS) is 10.3.